The second kappa shape index (κ2) is 5.27. The summed E-state index contributed by atoms with van der Waals surface area (Å²) in [4.78, 5) is 33.1. The Morgan fingerprint density at radius 2 is 2.16 bits per heavy atom. The Morgan fingerprint density at radius 1 is 1.42 bits per heavy atom. The molecule has 2 aromatic rings. The molecule has 2 heterocycles. The van der Waals surface area contributed by atoms with Crippen molar-refractivity contribution >= 4 is 17.1 Å². The van der Waals surface area contributed by atoms with Gasteiger partial charge in [-0.2, -0.15) is 4.98 Å². The van der Waals surface area contributed by atoms with Gasteiger partial charge in [0.1, 0.15) is 0 Å². The summed E-state index contributed by atoms with van der Waals surface area (Å²) in [6.45, 7) is 4.85. The van der Waals surface area contributed by atoms with E-state index in [1.165, 1.54) is 4.57 Å². The Hall–Kier alpha value is -2.09. The monoisotopic (exact) mass is 266 g/mol. The van der Waals surface area contributed by atoms with Gasteiger partial charge in [-0.3, -0.25) is 14.3 Å². The number of hydrogen-bond acceptors (Lipinski definition) is 5. The van der Waals surface area contributed by atoms with Gasteiger partial charge < -0.3 is 16.0 Å². The number of nitrogens with zero attached hydrogens (tertiary/aromatic N) is 2. The molecule has 5 N–H and O–H groups in total. The molecule has 0 radical (unpaired) electrons. The minimum Gasteiger partial charge on any atom is -0.354 e. The maximum absolute atomic E-state index is 11.9. The molecule has 8 nitrogen and oxygen atoms in total. The molecule has 104 valence electrons. The SMILES string of the molecule is CCC(C)n1c(=O)[nH]c(=O)c2[nH]c(NCCN)nc21. The molecule has 0 saturated carbocycles. The van der Waals surface area contributed by atoms with Crippen molar-refractivity contribution in [2.75, 3.05) is 18.4 Å². The van der Waals surface area contributed by atoms with Crippen molar-refractivity contribution in [1.29, 1.82) is 0 Å². The molecule has 1 atom stereocenters. The molecule has 0 saturated heterocycles. The lowest BCUT2D eigenvalue weighted by Crippen LogP contribution is -2.32. The molecule has 0 aromatic carbocycles. The molecule has 0 spiro atoms. The minimum atomic E-state index is -0.465. The summed E-state index contributed by atoms with van der Waals surface area (Å²) in [5, 5.41) is 2.95. The highest BCUT2D eigenvalue weighted by atomic mass is 16.2. The first kappa shape index (κ1) is 13.3. The van der Waals surface area contributed by atoms with Crippen molar-refractivity contribution in [3.8, 4) is 0 Å². The van der Waals surface area contributed by atoms with Gasteiger partial charge in [-0.25, -0.2) is 4.79 Å². The van der Waals surface area contributed by atoms with Crippen LogP contribution in [0.4, 0.5) is 5.95 Å². The minimum absolute atomic E-state index is 0.0440. The van der Waals surface area contributed by atoms with E-state index in [0.717, 1.165) is 6.42 Å². The molecule has 1 unspecified atom stereocenters. The van der Waals surface area contributed by atoms with Crippen LogP contribution in [0.5, 0.6) is 0 Å². The third kappa shape index (κ3) is 2.39. The number of rotatable bonds is 5. The van der Waals surface area contributed by atoms with Gasteiger partial charge in [0, 0.05) is 19.1 Å². The van der Waals surface area contributed by atoms with Crippen molar-refractivity contribution in [3.63, 3.8) is 0 Å². The van der Waals surface area contributed by atoms with Crippen LogP contribution in [0.2, 0.25) is 0 Å². The predicted octanol–water partition coefficient (Wildman–Crippen LogP) is -0.245. The van der Waals surface area contributed by atoms with Gasteiger partial charge in [-0.1, -0.05) is 6.92 Å². The topological polar surface area (TPSA) is 122 Å². The molecule has 2 aromatic heterocycles. The lowest BCUT2D eigenvalue weighted by atomic mass is 10.2. The van der Waals surface area contributed by atoms with Gasteiger partial charge >= 0.3 is 5.69 Å². The molecule has 0 fully saturated rings. The summed E-state index contributed by atoms with van der Waals surface area (Å²) in [5.74, 6) is 0.439. The molecule has 8 heteroatoms. The van der Waals surface area contributed by atoms with Crippen LogP contribution < -0.4 is 22.3 Å². The van der Waals surface area contributed by atoms with Gasteiger partial charge in [0.25, 0.3) is 5.56 Å². The molecule has 0 aliphatic heterocycles. The van der Waals surface area contributed by atoms with Gasteiger partial charge in [0.2, 0.25) is 5.95 Å². The molecular formula is C11H18N6O2. The fraction of sp³-hybridized carbons (Fsp3) is 0.545. The Labute approximate surface area is 109 Å². The summed E-state index contributed by atoms with van der Waals surface area (Å²) in [6.07, 6.45) is 0.763. The van der Waals surface area contributed by atoms with Crippen LogP contribution in [-0.4, -0.2) is 32.6 Å². The second-order valence-corrected chi connectivity index (χ2v) is 4.39. The highest BCUT2D eigenvalue weighted by molar-refractivity contribution is 5.72. The zero-order valence-corrected chi connectivity index (χ0v) is 11.0. The zero-order chi connectivity index (χ0) is 14.0. The van der Waals surface area contributed by atoms with E-state index >= 15 is 0 Å². The molecule has 0 aliphatic rings. The summed E-state index contributed by atoms with van der Waals surface area (Å²) >= 11 is 0. The standard InChI is InChI=1S/C11H18N6O2/c1-3-6(2)17-8-7(9(18)16-11(17)19)14-10(15-8)13-5-4-12/h6H,3-5,12H2,1-2H3,(H2,13,14,15)(H,16,18,19). The van der Waals surface area contributed by atoms with Gasteiger partial charge in [-0.05, 0) is 13.3 Å². The van der Waals surface area contributed by atoms with Crippen LogP contribution in [0.15, 0.2) is 9.59 Å². The third-order valence-electron chi connectivity index (χ3n) is 3.05. The Morgan fingerprint density at radius 3 is 2.79 bits per heavy atom. The normalized spacial score (nSPS) is 12.8. The van der Waals surface area contributed by atoms with E-state index in [1.54, 1.807) is 0 Å². The molecular weight excluding hydrogens is 248 g/mol. The van der Waals surface area contributed by atoms with E-state index in [0.29, 0.717) is 30.2 Å². The maximum atomic E-state index is 11.9. The van der Waals surface area contributed by atoms with Crippen molar-refractivity contribution in [1.82, 2.24) is 19.5 Å². The van der Waals surface area contributed by atoms with Crippen molar-refractivity contribution < 1.29 is 0 Å². The van der Waals surface area contributed by atoms with Gasteiger partial charge in [0.15, 0.2) is 11.2 Å². The Balaban J connectivity index is 2.64. The number of aromatic amines is 2. The number of imidazole rings is 1. The maximum Gasteiger partial charge on any atom is 0.330 e. The van der Waals surface area contributed by atoms with Gasteiger partial charge in [0.05, 0.1) is 0 Å². The predicted molar refractivity (Wildman–Crippen MR) is 73.5 cm³/mol. The van der Waals surface area contributed by atoms with Crippen molar-refractivity contribution in [2.24, 2.45) is 5.73 Å². The van der Waals surface area contributed by atoms with Crippen LogP contribution in [0.25, 0.3) is 11.2 Å². The average Bonchev–Trinajstić information content (AvgIpc) is 2.80. The van der Waals surface area contributed by atoms with E-state index < -0.39 is 11.2 Å². The lowest BCUT2D eigenvalue weighted by Gasteiger charge is -2.12. The van der Waals surface area contributed by atoms with Gasteiger partial charge in [-0.15, -0.1) is 0 Å². The smallest absolute Gasteiger partial charge is 0.330 e. The van der Waals surface area contributed by atoms with Crippen LogP contribution in [0, 0.1) is 0 Å². The summed E-state index contributed by atoms with van der Waals surface area (Å²) < 4.78 is 1.49. The Bertz CT molecular complexity index is 683. The Kier molecular flexibility index (Phi) is 3.70. The van der Waals surface area contributed by atoms with E-state index in [2.05, 4.69) is 20.3 Å². The van der Waals surface area contributed by atoms with Crippen molar-refractivity contribution in [2.45, 2.75) is 26.3 Å². The molecule has 0 aliphatic carbocycles. The van der Waals surface area contributed by atoms with E-state index in [1.807, 2.05) is 13.8 Å². The number of anilines is 1. The first-order valence-electron chi connectivity index (χ1n) is 6.27. The number of H-pyrrole nitrogens is 2. The van der Waals surface area contributed by atoms with Crippen LogP contribution in [0.3, 0.4) is 0 Å². The number of fused-ring (bicyclic) bond motifs is 1. The summed E-state index contributed by atoms with van der Waals surface area (Å²) in [7, 11) is 0. The average molecular weight is 266 g/mol. The highest BCUT2D eigenvalue weighted by Gasteiger charge is 2.15. The number of aromatic nitrogens is 4. The first-order chi connectivity index (χ1) is 9.08. The van der Waals surface area contributed by atoms with E-state index in [-0.39, 0.29) is 6.04 Å². The summed E-state index contributed by atoms with van der Waals surface area (Å²) in [6, 6.07) is -0.0440. The molecule has 2 rings (SSSR count). The number of nitrogens with one attached hydrogen (secondary N) is 3. The largest absolute Gasteiger partial charge is 0.354 e. The van der Waals surface area contributed by atoms with E-state index in [4.69, 9.17) is 5.73 Å². The fourth-order valence-electron chi connectivity index (χ4n) is 1.88. The van der Waals surface area contributed by atoms with Crippen LogP contribution in [0.1, 0.15) is 26.3 Å². The lowest BCUT2D eigenvalue weighted by molar-refractivity contribution is 0.517. The zero-order valence-electron chi connectivity index (χ0n) is 11.0. The second-order valence-electron chi connectivity index (χ2n) is 4.39. The van der Waals surface area contributed by atoms with Crippen LogP contribution >= 0.6 is 0 Å². The first-order valence-corrected chi connectivity index (χ1v) is 6.27. The summed E-state index contributed by atoms with van der Waals surface area (Å²) in [5.41, 5.74) is 5.15. The van der Waals surface area contributed by atoms with Crippen molar-refractivity contribution in [3.05, 3.63) is 20.8 Å². The molecule has 0 amide bonds. The number of hydrogen-bond donors (Lipinski definition) is 4. The number of nitrogens with two attached hydrogens (primary N) is 1. The highest BCUT2D eigenvalue weighted by Crippen LogP contribution is 2.14. The third-order valence-corrected chi connectivity index (χ3v) is 3.05. The molecule has 19 heavy (non-hydrogen) atoms. The fourth-order valence-corrected chi connectivity index (χ4v) is 1.88. The quantitative estimate of drug-likeness (QED) is 0.594. The van der Waals surface area contributed by atoms with Crippen LogP contribution in [-0.2, 0) is 0 Å². The molecule has 0 bridgehead atoms. The van der Waals surface area contributed by atoms with E-state index in [9.17, 15) is 9.59 Å².